The summed E-state index contributed by atoms with van der Waals surface area (Å²) < 4.78 is 28.5. The Balaban J connectivity index is 2.03. The first-order chi connectivity index (χ1) is 8.87. The Morgan fingerprint density at radius 1 is 1.53 bits per heavy atom. The Kier molecular flexibility index (Phi) is 4.24. The molecule has 0 aromatic heterocycles. The summed E-state index contributed by atoms with van der Waals surface area (Å²) in [4.78, 5) is 0. The van der Waals surface area contributed by atoms with Crippen molar-refractivity contribution in [3.63, 3.8) is 0 Å². The molecule has 0 spiro atoms. The molecule has 5 N–H and O–H groups in total. The van der Waals surface area contributed by atoms with Gasteiger partial charge in [-0.15, -0.1) is 0 Å². The number of hydrogen-bond donors (Lipinski definition) is 4. The Labute approximate surface area is 111 Å². The number of aliphatic hydroxyl groups excluding tert-OH is 1. The Morgan fingerprint density at radius 2 is 2.26 bits per heavy atom. The van der Waals surface area contributed by atoms with Crippen LogP contribution in [0.5, 0.6) is 0 Å². The van der Waals surface area contributed by atoms with E-state index in [1.807, 2.05) is 16.9 Å². The summed E-state index contributed by atoms with van der Waals surface area (Å²) in [7, 11) is -4.89. The number of aliphatic hydroxyl groups is 1. The number of nitrogens with two attached hydrogens (primary N) is 1. The van der Waals surface area contributed by atoms with Gasteiger partial charge in [0, 0.05) is 0 Å². The third-order valence-corrected chi connectivity index (χ3v) is 3.52. The zero-order valence-corrected chi connectivity index (χ0v) is 10.9. The zero-order chi connectivity index (χ0) is 14.0. The molecule has 1 heterocycles. The molecule has 0 bridgehead atoms. The standard InChI is InChI=1S/C10H15BN2O5S/c12-19(16,17)13-9(14)5-4-7-2-1-3-8-6-18-11(15)10(7)8/h1-3,9,13-15H,4-6H2,(H2,12,16,17). The minimum atomic E-state index is -3.92. The van der Waals surface area contributed by atoms with Gasteiger partial charge < -0.3 is 14.8 Å². The van der Waals surface area contributed by atoms with Gasteiger partial charge in [0.05, 0.1) is 6.61 Å². The number of aryl methyl sites for hydroxylation is 1. The molecule has 7 nitrogen and oxygen atoms in total. The second kappa shape index (κ2) is 5.57. The van der Waals surface area contributed by atoms with Gasteiger partial charge in [-0.25, -0.2) is 5.14 Å². The van der Waals surface area contributed by atoms with E-state index >= 15 is 0 Å². The maximum absolute atomic E-state index is 10.7. The minimum absolute atomic E-state index is 0.152. The van der Waals surface area contributed by atoms with Crippen LogP contribution >= 0.6 is 0 Å². The van der Waals surface area contributed by atoms with Crippen LogP contribution in [-0.4, -0.2) is 31.9 Å². The van der Waals surface area contributed by atoms with Gasteiger partial charge in [0.1, 0.15) is 6.23 Å². The van der Waals surface area contributed by atoms with E-state index in [0.29, 0.717) is 18.5 Å². The average Bonchev–Trinajstić information content (AvgIpc) is 2.67. The molecule has 104 valence electrons. The van der Waals surface area contributed by atoms with E-state index < -0.39 is 23.6 Å². The number of fused-ring (bicyclic) bond motifs is 1. The van der Waals surface area contributed by atoms with Crippen molar-refractivity contribution < 1.29 is 23.2 Å². The first-order valence-corrected chi connectivity index (χ1v) is 7.30. The van der Waals surface area contributed by atoms with E-state index in [-0.39, 0.29) is 6.42 Å². The Hall–Kier alpha value is -0.965. The minimum Gasteiger partial charge on any atom is -0.423 e. The molecule has 0 aliphatic carbocycles. The van der Waals surface area contributed by atoms with Crippen LogP contribution in [0.15, 0.2) is 18.2 Å². The van der Waals surface area contributed by atoms with Crippen molar-refractivity contribution in [1.82, 2.24) is 4.72 Å². The summed E-state index contributed by atoms with van der Waals surface area (Å²) in [5, 5.41) is 24.0. The van der Waals surface area contributed by atoms with Crippen LogP contribution in [0.3, 0.4) is 0 Å². The van der Waals surface area contributed by atoms with Crippen molar-refractivity contribution in [3.05, 3.63) is 29.3 Å². The van der Waals surface area contributed by atoms with E-state index in [1.54, 1.807) is 6.07 Å². The second-order valence-corrected chi connectivity index (χ2v) is 5.70. The van der Waals surface area contributed by atoms with E-state index in [2.05, 4.69) is 0 Å². The number of nitrogens with one attached hydrogen (secondary N) is 1. The molecular weight excluding hydrogens is 271 g/mol. The molecule has 1 aliphatic heterocycles. The lowest BCUT2D eigenvalue weighted by Gasteiger charge is -2.12. The van der Waals surface area contributed by atoms with Crippen molar-refractivity contribution in [2.45, 2.75) is 25.7 Å². The highest BCUT2D eigenvalue weighted by Gasteiger charge is 2.29. The molecular formula is C10H15BN2O5S. The van der Waals surface area contributed by atoms with Crippen LogP contribution in [-0.2, 0) is 27.9 Å². The van der Waals surface area contributed by atoms with Crippen molar-refractivity contribution in [1.29, 1.82) is 0 Å². The molecule has 1 unspecified atom stereocenters. The second-order valence-electron chi connectivity index (χ2n) is 4.37. The van der Waals surface area contributed by atoms with Gasteiger partial charge in [-0.2, -0.15) is 13.1 Å². The summed E-state index contributed by atoms with van der Waals surface area (Å²) in [5.74, 6) is 0. The van der Waals surface area contributed by atoms with Gasteiger partial charge in [0.2, 0.25) is 0 Å². The maximum Gasteiger partial charge on any atom is 0.492 e. The van der Waals surface area contributed by atoms with Gasteiger partial charge >= 0.3 is 7.12 Å². The van der Waals surface area contributed by atoms with Crippen molar-refractivity contribution >= 4 is 22.8 Å². The molecule has 2 rings (SSSR count). The molecule has 0 radical (unpaired) electrons. The van der Waals surface area contributed by atoms with Gasteiger partial charge in [-0.05, 0) is 29.4 Å². The normalized spacial score (nSPS) is 16.5. The topological polar surface area (TPSA) is 122 Å². The molecule has 0 fully saturated rings. The van der Waals surface area contributed by atoms with Gasteiger partial charge in [0.25, 0.3) is 10.2 Å². The fraction of sp³-hybridized carbons (Fsp3) is 0.400. The molecule has 1 aromatic rings. The predicted octanol–water partition coefficient (Wildman–Crippen LogP) is -2.05. The van der Waals surface area contributed by atoms with Gasteiger partial charge in [0.15, 0.2) is 0 Å². The van der Waals surface area contributed by atoms with Crippen LogP contribution in [0.25, 0.3) is 0 Å². The maximum atomic E-state index is 10.7. The lowest BCUT2D eigenvalue weighted by molar-refractivity contribution is 0.154. The lowest BCUT2D eigenvalue weighted by Crippen LogP contribution is -2.40. The van der Waals surface area contributed by atoms with E-state index in [4.69, 9.17) is 9.79 Å². The smallest absolute Gasteiger partial charge is 0.423 e. The highest BCUT2D eigenvalue weighted by atomic mass is 32.2. The third kappa shape index (κ3) is 3.75. The molecule has 1 aromatic carbocycles. The van der Waals surface area contributed by atoms with Crippen LogP contribution in [0.1, 0.15) is 17.5 Å². The molecule has 0 saturated carbocycles. The van der Waals surface area contributed by atoms with Crippen LogP contribution in [0, 0.1) is 0 Å². The fourth-order valence-corrected chi connectivity index (χ4v) is 2.62. The van der Waals surface area contributed by atoms with Gasteiger partial charge in [-0.1, -0.05) is 18.2 Å². The Morgan fingerprint density at radius 3 is 2.95 bits per heavy atom. The predicted molar refractivity (Wildman–Crippen MR) is 69.4 cm³/mol. The SMILES string of the molecule is NS(=O)(=O)NC(O)CCc1cccc2c1B(O)OC2. The van der Waals surface area contributed by atoms with Crippen molar-refractivity contribution in [2.24, 2.45) is 5.14 Å². The number of benzene rings is 1. The quantitative estimate of drug-likeness (QED) is 0.366. The summed E-state index contributed by atoms with van der Waals surface area (Å²) in [6.45, 7) is 0.350. The largest absolute Gasteiger partial charge is 0.492 e. The first-order valence-electron chi connectivity index (χ1n) is 5.75. The van der Waals surface area contributed by atoms with Crippen molar-refractivity contribution in [2.75, 3.05) is 0 Å². The number of hydrogen-bond acceptors (Lipinski definition) is 5. The van der Waals surface area contributed by atoms with Crippen LogP contribution < -0.4 is 15.3 Å². The van der Waals surface area contributed by atoms with Crippen LogP contribution in [0.4, 0.5) is 0 Å². The summed E-state index contributed by atoms with van der Waals surface area (Å²) in [6, 6.07) is 5.49. The third-order valence-electron chi connectivity index (χ3n) is 2.92. The zero-order valence-electron chi connectivity index (χ0n) is 10.1. The average molecular weight is 286 g/mol. The highest BCUT2D eigenvalue weighted by molar-refractivity contribution is 7.87. The van der Waals surface area contributed by atoms with E-state index in [0.717, 1.165) is 11.1 Å². The molecule has 19 heavy (non-hydrogen) atoms. The monoisotopic (exact) mass is 286 g/mol. The van der Waals surface area contributed by atoms with E-state index in [9.17, 15) is 18.5 Å². The van der Waals surface area contributed by atoms with Crippen LogP contribution in [0.2, 0.25) is 0 Å². The summed E-state index contributed by atoms with van der Waals surface area (Å²) >= 11 is 0. The molecule has 1 atom stereocenters. The van der Waals surface area contributed by atoms with Gasteiger partial charge in [-0.3, -0.25) is 0 Å². The van der Waals surface area contributed by atoms with E-state index in [1.165, 1.54) is 0 Å². The molecule has 0 amide bonds. The summed E-state index contributed by atoms with van der Waals surface area (Å²) in [6.07, 6.45) is -0.710. The first kappa shape index (κ1) is 14.4. The molecule has 0 saturated heterocycles. The number of rotatable bonds is 5. The molecule has 9 heteroatoms. The Bertz CT molecular complexity index is 565. The summed E-state index contributed by atoms with van der Waals surface area (Å²) in [5.41, 5.74) is 2.42. The fourth-order valence-electron chi connectivity index (χ4n) is 2.12. The van der Waals surface area contributed by atoms with Crippen molar-refractivity contribution in [3.8, 4) is 0 Å². The lowest BCUT2D eigenvalue weighted by atomic mass is 9.75. The highest BCUT2D eigenvalue weighted by Crippen LogP contribution is 2.14. The molecule has 1 aliphatic rings.